The maximum absolute atomic E-state index is 9.07. The number of piperazine rings is 1. The van der Waals surface area contributed by atoms with Gasteiger partial charge in [-0.2, -0.15) is 5.26 Å². The predicted octanol–water partition coefficient (Wildman–Crippen LogP) is 2.87. The van der Waals surface area contributed by atoms with Crippen LogP contribution in [0.4, 0.5) is 0 Å². The molecule has 0 aromatic carbocycles. The highest BCUT2D eigenvalue weighted by molar-refractivity contribution is 4.97. The Morgan fingerprint density at radius 2 is 1.78 bits per heavy atom. The van der Waals surface area contributed by atoms with Crippen LogP contribution in [0.5, 0.6) is 0 Å². The summed E-state index contributed by atoms with van der Waals surface area (Å²) in [6.45, 7) is 16.8. The summed E-state index contributed by atoms with van der Waals surface area (Å²) >= 11 is 0. The highest BCUT2D eigenvalue weighted by atomic mass is 15.3. The van der Waals surface area contributed by atoms with Gasteiger partial charge in [-0.1, -0.05) is 6.92 Å². The third kappa shape index (κ3) is 3.46. The van der Waals surface area contributed by atoms with Crippen molar-refractivity contribution in [2.75, 3.05) is 19.6 Å². The minimum atomic E-state index is 0.200. The van der Waals surface area contributed by atoms with Crippen LogP contribution in [0.1, 0.15) is 54.4 Å². The lowest BCUT2D eigenvalue weighted by Gasteiger charge is -2.51. The molecule has 104 valence electrons. The first-order valence-electron chi connectivity index (χ1n) is 7.11. The molecule has 0 radical (unpaired) electrons. The van der Waals surface area contributed by atoms with Gasteiger partial charge in [0.05, 0.1) is 12.5 Å². The number of nitrogens with zero attached hydrogens (tertiary/aromatic N) is 3. The molecule has 18 heavy (non-hydrogen) atoms. The van der Waals surface area contributed by atoms with E-state index in [9.17, 15) is 0 Å². The molecule has 3 heteroatoms. The van der Waals surface area contributed by atoms with Gasteiger partial charge in [0.15, 0.2) is 0 Å². The summed E-state index contributed by atoms with van der Waals surface area (Å²) in [5.74, 6) is 0. The molecule has 0 N–H and O–H groups in total. The Morgan fingerprint density at radius 3 is 2.22 bits per heavy atom. The second-order valence-corrected chi connectivity index (χ2v) is 6.99. The molecular weight excluding hydrogens is 222 g/mol. The fourth-order valence-corrected chi connectivity index (χ4v) is 2.74. The molecular formula is C15H29N3. The molecule has 3 nitrogen and oxygen atoms in total. The van der Waals surface area contributed by atoms with Crippen LogP contribution in [0.15, 0.2) is 0 Å². The Labute approximate surface area is 113 Å². The van der Waals surface area contributed by atoms with E-state index in [1.165, 1.54) is 0 Å². The molecule has 0 unspecified atom stereocenters. The first-order chi connectivity index (χ1) is 8.22. The highest BCUT2D eigenvalue weighted by Crippen LogP contribution is 2.28. The standard InChI is InChI=1S/C15H29N3/c1-7-15(5,6)18-11-10-17(14(2,3)4)12-13(18)8-9-16/h13H,7-8,10-12H2,1-6H3/t13-/m0/s1. The molecule has 1 heterocycles. The van der Waals surface area contributed by atoms with Crippen molar-refractivity contribution in [3.8, 4) is 6.07 Å². The zero-order valence-electron chi connectivity index (χ0n) is 13.0. The summed E-state index contributed by atoms with van der Waals surface area (Å²) in [4.78, 5) is 5.05. The van der Waals surface area contributed by atoms with Gasteiger partial charge in [-0.05, 0) is 41.0 Å². The lowest BCUT2D eigenvalue weighted by atomic mass is 9.92. The van der Waals surface area contributed by atoms with E-state index < -0.39 is 0 Å². The summed E-state index contributed by atoms with van der Waals surface area (Å²) in [7, 11) is 0. The summed E-state index contributed by atoms with van der Waals surface area (Å²) in [5, 5.41) is 9.07. The maximum atomic E-state index is 9.07. The first kappa shape index (κ1) is 15.5. The fourth-order valence-electron chi connectivity index (χ4n) is 2.74. The van der Waals surface area contributed by atoms with Crippen molar-refractivity contribution < 1.29 is 0 Å². The van der Waals surface area contributed by atoms with Crippen molar-refractivity contribution in [2.24, 2.45) is 0 Å². The summed E-state index contributed by atoms with van der Waals surface area (Å²) < 4.78 is 0. The van der Waals surface area contributed by atoms with Crippen LogP contribution in [-0.4, -0.2) is 46.6 Å². The van der Waals surface area contributed by atoms with E-state index in [0.717, 1.165) is 26.1 Å². The number of rotatable bonds is 3. The van der Waals surface area contributed by atoms with Gasteiger partial charge in [0.2, 0.25) is 0 Å². The average molecular weight is 251 g/mol. The Morgan fingerprint density at radius 1 is 1.17 bits per heavy atom. The zero-order chi connectivity index (χ0) is 14.0. The molecule has 1 aliphatic heterocycles. The van der Waals surface area contributed by atoms with Gasteiger partial charge in [0.1, 0.15) is 0 Å². The van der Waals surface area contributed by atoms with Crippen LogP contribution < -0.4 is 0 Å². The van der Waals surface area contributed by atoms with Crippen molar-refractivity contribution in [1.82, 2.24) is 9.80 Å². The van der Waals surface area contributed by atoms with Crippen LogP contribution in [0.3, 0.4) is 0 Å². The number of nitriles is 1. The van der Waals surface area contributed by atoms with E-state index in [0.29, 0.717) is 12.5 Å². The topological polar surface area (TPSA) is 30.3 Å². The largest absolute Gasteiger partial charge is 0.296 e. The van der Waals surface area contributed by atoms with Crippen LogP contribution in [0, 0.1) is 11.3 Å². The second-order valence-electron chi connectivity index (χ2n) is 6.99. The molecule has 0 saturated carbocycles. The number of hydrogen-bond acceptors (Lipinski definition) is 3. The third-order valence-electron chi connectivity index (χ3n) is 4.40. The summed E-state index contributed by atoms with van der Waals surface area (Å²) in [6, 6.07) is 2.74. The second kappa shape index (κ2) is 5.59. The molecule has 1 aliphatic rings. The Bertz CT molecular complexity index is 309. The molecule has 0 aliphatic carbocycles. The first-order valence-corrected chi connectivity index (χ1v) is 7.11. The Hall–Kier alpha value is -0.590. The number of hydrogen-bond donors (Lipinski definition) is 0. The minimum absolute atomic E-state index is 0.200. The lowest BCUT2D eigenvalue weighted by Crippen LogP contribution is -2.62. The average Bonchev–Trinajstić information content (AvgIpc) is 2.28. The molecule has 1 rings (SSSR count). The van der Waals surface area contributed by atoms with Gasteiger partial charge in [0.25, 0.3) is 0 Å². The predicted molar refractivity (Wildman–Crippen MR) is 76.4 cm³/mol. The van der Waals surface area contributed by atoms with E-state index >= 15 is 0 Å². The van der Waals surface area contributed by atoms with Crippen LogP contribution >= 0.6 is 0 Å². The van der Waals surface area contributed by atoms with Gasteiger partial charge in [-0.3, -0.25) is 9.80 Å². The van der Waals surface area contributed by atoms with E-state index in [1.807, 2.05) is 0 Å². The van der Waals surface area contributed by atoms with E-state index in [-0.39, 0.29) is 11.1 Å². The normalized spacial score (nSPS) is 23.9. The fraction of sp³-hybridized carbons (Fsp3) is 0.933. The van der Waals surface area contributed by atoms with Crippen molar-refractivity contribution in [1.29, 1.82) is 5.26 Å². The Balaban J connectivity index is 2.83. The minimum Gasteiger partial charge on any atom is -0.296 e. The van der Waals surface area contributed by atoms with Gasteiger partial charge in [-0.25, -0.2) is 0 Å². The van der Waals surface area contributed by atoms with Gasteiger partial charge < -0.3 is 0 Å². The van der Waals surface area contributed by atoms with E-state index in [1.54, 1.807) is 0 Å². The van der Waals surface area contributed by atoms with Crippen molar-refractivity contribution in [3.05, 3.63) is 0 Å². The van der Waals surface area contributed by atoms with Crippen LogP contribution in [-0.2, 0) is 0 Å². The summed E-state index contributed by atoms with van der Waals surface area (Å²) in [5.41, 5.74) is 0.404. The SMILES string of the molecule is CCC(C)(C)N1CCN(C(C)(C)C)C[C@@H]1CC#N. The van der Waals surface area contributed by atoms with Crippen molar-refractivity contribution in [3.63, 3.8) is 0 Å². The van der Waals surface area contributed by atoms with Gasteiger partial charge >= 0.3 is 0 Å². The smallest absolute Gasteiger partial charge is 0.0638 e. The van der Waals surface area contributed by atoms with Crippen LogP contribution in [0.25, 0.3) is 0 Å². The Kier molecular flexibility index (Phi) is 4.80. The molecule has 0 aromatic heterocycles. The molecule has 0 spiro atoms. The third-order valence-corrected chi connectivity index (χ3v) is 4.40. The molecule has 1 saturated heterocycles. The van der Waals surface area contributed by atoms with Gasteiger partial charge in [0, 0.05) is 36.8 Å². The molecule has 1 atom stereocenters. The molecule has 1 fully saturated rings. The zero-order valence-corrected chi connectivity index (χ0v) is 13.0. The lowest BCUT2D eigenvalue weighted by molar-refractivity contribution is -0.0276. The summed E-state index contributed by atoms with van der Waals surface area (Å²) in [6.07, 6.45) is 1.76. The van der Waals surface area contributed by atoms with Crippen molar-refractivity contribution >= 4 is 0 Å². The maximum Gasteiger partial charge on any atom is 0.0638 e. The van der Waals surface area contributed by atoms with Crippen molar-refractivity contribution in [2.45, 2.75) is 71.5 Å². The quantitative estimate of drug-likeness (QED) is 0.772. The van der Waals surface area contributed by atoms with Gasteiger partial charge in [-0.15, -0.1) is 0 Å². The van der Waals surface area contributed by atoms with E-state index in [2.05, 4.69) is 57.4 Å². The molecule has 0 aromatic rings. The monoisotopic (exact) mass is 251 g/mol. The van der Waals surface area contributed by atoms with E-state index in [4.69, 9.17) is 5.26 Å². The van der Waals surface area contributed by atoms with Crippen LogP contribution in [0.2, 0.25) is 0 Å². The molecule has 0 bridgehead atoms. The highest BCUT2D eigenvalue weighted by Gasteiger charge is 2.37. The molecule has 0 amide bonds.